The number of methoxy groups -OCH3 is 1. The van der Waals surface area contributed by atoms with E-state index < -0.39 is 5.60 Å². The van der Waals surface area contributed by atoms with Gasteiger partial charge in [-0.2, -0.15) is 0 Å². The summed E-state index contributed by atoms with van der Waals surface area (Å²) in [5.41, 5.74) is 0.840. The second-order valence-corrected chi connectivity index (χ2v) is 7.33. The van der Waals surface area contributed by atoms with Crippen LogP contribution >= 0.6 is 0 Å². The van der Waals surface area contributed by atoms with Crippen molar-refractivity contribution >= 4 is 5.91 Å². The third-order valence-electron chi connectivity index (χ3n) is 5.25. The van der Waals surface area contributed by atoms with Gasteiger partial charge in [0.15, 0.2) is 5.60 Å². The highest BCUT2D eigenvalue weighted by molar-refractivity contribution is 5.86. The third-order valence-corrected chi connectivity index (χ3v) is 5.25. The molecule has 7 nitrogen and oxygen atoms in total. The van der Waals surface area contributed by atoms with Gasteiger partial charge >= 0.3 is 0 Å². The molecule has 140 valence electrons. The number of rotatable bonds is 7. The van der Waals surface area contributed by atoms with Crippen LogP contribution in [-0.4, -0.2) is 72.0 Å². The van der Waals surface area contributed by atoms with Crippen LogP contribution in [0.3, 0.4) is 0 Å². The molecule has 1 aromatic rings. The summed E-state index contributed by atoms with van der Waals surface area (Å²) in [5.74, 6) is 0.817. The zero-order valence-corrected chi connectivity index (χ0v) is 15.3. The van der Waals surface area contributed by atoms with Gasteiger partial charge in [-0.05, 0) is 39.2 Å². The van der Waals surface area contributed by atoms with E-state index in [4.69, 9.17) is 9.26 Å². The average Bonchev–Trinajstić information content (AvgIpc) is 2.99. The molecule has 0 spiro atoms. The van der Waals surface area contributed by atoms with Crippen molar-refractivity contribution in [3.05, 3.63) is 17.0 Å². The summed E-state index contributed by atoms with van der Waals surface area (Å²) in [4.78, 5) is 16.4. The number of likely N-dealkylation sites (tertiary alicyclic amines) is 1. The highest BCUT2D eigenvalue weighted by atomic mass is 16.5. The Hall–Kier alpha value is -1.44. The molecular formula is C18H29N3O4. The lowest BCUT2D eigenvalue weighted by Crippen LogP contribution is -2.58. The summed E-state index contributed by atoms with van der Waals surface area (Å²) in [6, 6.07) is 0. The number of hydrogen-bond acceptors (Lipinski definition) is 6. The van der Waals surface area contributed by atoms with Gasteiger partial charge in [0.1, 0.15) is 11.5 Å². The molecular weight excluding hydrogens is 322 g/mol. The van der Waals surface area contributed by atoms with Gasteiger partial charge in [-0.25, -0.2) is 0 Å². The van der Waals surface area contributed by atoms with Gasteiger partial charge < -0.3 is 19.3 Å². The number of nitrogens with zero attached hydrogens (tertiary/aromatic N) is 3. The number of aryl methyl sites for hydroxylation is 1. The quantitative estimate of drug-likeness (QED) is 0.789. The minimum Gasteiger partial charge on any atom is -0.383 e. The lowest BCUT2D eigenvalue weighted by Gasteiger charge is -2.40. The Kier molecular flexibility index (Phi) is 5.76. The topological polar surface area (TPSA) is 79.0 Å². The number of fused-ring (bicyclic) bond motifs is 1. The zero-order valence-electron chi connectivity index (χ0n) is 15.3. The summed E-state index contributed by atoms with van der Waals surface area (Å²) in [6.45, 7) is 2.59. The van der Waals surface area contributed by atoms with Crippen LogP contribution in [-0.2, 0) is 28.9 Å². The molecule has 2 aliphatic rings. The minimum atomic E-state index is -1.33. The lowest BCUT2D eigenvalue weighted by atomic mass is 9.91. The number of aliphatic hydroxyl groups is 1. The van der Waals surface area contributed by atoms with Crippen molar-refractivity contribution in [3.63, 3.8) is 0 Å². The van der Waals surface area contributed by atoms with Crippen LogP contribution in [0.2, 0.25) is 0 Å². The van der Waals surface area contributed by atoms with E-state index in [0.717, 1.165) is 37.1 Å². The van der Waals surface area contributed by atoms with E-state index in [0.29, 0.717) is 39.2 Å². The van der Waals surface area contributed by atoms with Crippen LogP contribution < -0.4 is 0 Å². The van der Waals surface area contributed by atoms with E-state index in [2.05, 4.69) is 5.16 Å². The van der Waals surface area contributed by atoms with E-state index in [9.17, 15) is 9.90 Å². The number of piperidine rings is 1. The summed E-state index contributed by atoms with van der Waals surface area (Å²) in [5, 5.41) is 15.1. The molecule has 1 amide bonds. The number of aromatic nitrogens is 1. The van der Waals surface area contributed by atoms with Gasteiger partial charge in [-0.3, -0.25) is 9.69 Å². The molecule has 1 atom stereocenters. The van der Waals surface area contributed by atoms with Crippen molar-refractivity contribution in [2.45, 2.75) is 50.7 Å². The van der Waals surface area contributed by atoms with Crippen LogP contribution in [0.1, 0.15) is 42.7 Å². The van der Waals surface area contributed by atoms with Crippen LogP contribution in [0, 0.1) is 0 Å². The Labute approximate surface area is 148 Å². The maximum Gasteiger partial charge on any atom is 0.255 e. The Morgan fingerprint density at radius 2 is 2.16 bits per heavy atom. The van der Waals surface area contributed by atoms with Gasteiger partial charge in [0, 0.05) is 45.3 Å². The standard InChI is InChI=1S/C18H29N3O4/c1-20(12-15-14-6-3-4-7-16(14)25-19-15)13-18(23)8-5-9-21(17(18)22)10-11-24-2/h23H,3-13H2,1-2H3/t18-/m1/s1. The Morgan fingerprint density at radius 1 is 1.36 bits per heavy atom. The maximum atomic E-state index is 12.7. The molecule has 0 saturated carbocycles. The number of likely N-dealkylation sites (N-methyl/N-ethyl adjacent to an activating group) is 1. The average molecular weight is 351 g/mol. The van der Waals surface area contributed by atoms with Crippen molar-refractivity contribution in [2.75, 3.05) is 40.4 Å². The summed E-state index contributed by atoms with van der Waals surface area (Å²) >= 11 is 0. The van der Waals surface area contributed by atoms with E-state index in [1.54, 1.807) is 12.0 Å². The molecule has 0 radical (unpaired) electrons. The van der Waals surface area contributed by atoms with Crippen molar-refractivity contribution in [3.8, 4) is 0 Å². The molecule has 1 N–H and O–H groups in total. The molecule has 2 heterocycles. The van der Waals surface area contributed by atoms with Gasteiger partial charge in [-0.15, -0.1) is 0 Å². The fraction of sp³-hybridized carbons (Fsp3) is 0.778. The number of carbonyl (C=O) groups excluding carboxylic acids is 1. The molecule has 3 rings (SSSR count). The first-order valence-corrected chi connectivity index (χ1v) is 9.19. The van der Waals surface area contributed by atoms with Gasteiger partial charge in [0.25, 0.3) is 5.91 Å². The third kappa shape index (κ3) is 4.04. The second-order valence-electron chi connectivity index (χ2n) is 7.33. The Bertz CT molecular complexity index is 603. The van der Waals surface area contributed by atoms with E-state index >= 15 is 0 Å². The largest absolute Gasteiger partial charge is 0.383 e. The van der Waals surface area contributed by atoms with E-state index in [1.165, 1.54) is 12.0 Å². The molecule has 1 aliphatic heterocycles. The Morgan fingerprint density at radius 3 is 2.96 bits per heavy atom. The molecule has 1 aliphatic carbocycles. The molecule has 25 heavy (non-hydrogen) atoms. The summed E-state index contributed by atoms with van der Waals surface area (Å²) in [6.07, 6.45) is 5.60. The predicted molar refractivity (Wildman–Crippen MR) is 92.1 cm³/mol. The molecule has 7 heteroatoms. The zero-order chi connectivity index (χ0) is 17.9. The maximum absolute atomic E-state index is 12.7. The van der Waals surface area contributed by atoms with Gasteiger partial charge in [0.2, 0.25) is 0 Å². The van der Waals surface area contributed by atoms with E-state index in [-0.39, 0.29) is 5.91 Å². The monoisotopic (exact) mass is 351 g/mol. The van der Waals surface area contributed by atoms with Gasteiger partial charge in [-0.1, -0.05) is 5.16 Å². The Balaban J connectivity index is 1.62. The number of hydrogen-bond donors (Lipinski definition) is 1. The van der Waals surface area contributed by atoms with Crippen LogP contribution in [0.25, 0.3) is 0 Å². The van der Waals surface area contributed by atoms with Crippen LogP contribution in [0.4, 0.5) is 0 Å². The SMILES string of the molecule is COCCN1CCC[C@@](O)(CN(C)Cc2noc3c2CCCC3)C1=O. The van der Waals surface area contributed by atoms with Crippen molar-refractivity contribution in [1.82, 2.24) is 15.0 Å². The van der Waals surface area contributed by atoms with Crippen molar-refractivity contribution < 1.29 is 19.2 Å². The number of carbonyl (C=O) groups is 1. The van der Waals surface area contributed by atoms with Gasteiger partial charge in [0.05, 0.1) is 6.61 Å². The normalized spacial score (nSPS) is 24.0. The molecule has 1 saturated heterocycles. The molecule has 0 bridgehead atoms. The first-order valence-electron chi connectivity index (χ1n) is 9.19. The number of ether oxygens (including phenoxy) is 1. The van der Waals surface area contributed by atoms with Crippen molar-refractivity contribution in [2.24, 2.45) is 0 Å². The molecule has 0 aromatic carbocycles. The minimum absolute atomic E-state index is 0.190. The first-order chi connectivity index (χ1) is 12.0. The van der Waals surface area contributed by atoms with Crippen LogP contribution in [0.5, 0.6) is 0 Å². The highest BCUT2D eigenvalue weighted by Gasteiger charge is 2.42. The molecule has 1 fully saturated rings. The summed E-state index contributed by atoms with van der Waals surface area (Å²) < 4.78 is 10.5. The second kappa shape index (κ2) is 7.85. The van der Waals surface area contributed by atoms with E-state index in [1.807, 2.05) is 11.9 Å². The van der Waals surface area contributed by atoms with Crippen LogP contribution in [0.15, 0.2) is 4.52 Å². The predicted octanol–water partition coefficient (Wildman–Crippen LogP) is 0.985. The smallest absolute Gasteiger partial charge is 0.255 e. The fourth-order valence-electron chi connectivity index (χ4n) is 3.96. The molecule has 0 unspecified atom stereocenters. The number of amides is 1. The molecule has 1 aromatic heterocycles. The fourth-order valence-corrected chi connectivity index (χ4v) is 3.96. The lowest BCUT2D eigenvalue weighted by molar-refractivity contribution is -0.160. The highest BCUT2D eigenvalue weighted by Crippen LogP contribution is 2.27. The first kappa shape index (κ1) is 18.4. The van der Waals surface area contributed by atoms with Crippen molar-refractivity contribution in [1.29, 1.82) is 0 Å². The summed E-state index contributed by atoms with van der Waals surface area (Å²) in [7, 11) is 3.54.